The Kier molecular flexibility index (Phi) is 4.03. The molecular formula is C19H16F3N3. The van der Waals surface area contributed by atoms with E-state index in [1.807, 2.05) is 0 Å². The Morgan fingerprint density at radius 1 is 0.920 bits per heavy atom. The number of benzene rings is 2. The van der Waals surface area contributed by atoms with E-state index in [2.05, 4.69) is 10.3 Å². The number of hydrogen-bond acceptors (Lipinski definition) is 2. The van der Waals surface area contributed by atoms with Crippen molar-refractivity contribution < 1.29 is 13.2 Å². The van der Waals surface area contributed by atoms with Crippen LogP contribution in [0, 0.1) is 17.5 Å². The Hall–Kier alpha value is -2.63. The van der Waals surface area contributed by atoms with Gasteiger partial charge in [-0.15, -0.1) is 5.10 Å². The summed E-state index contributed by atoms with van der Waals surface area (Å²) >= 11 is 0. The van der Waals surface area contributed by atoms with Crippen molar-refractivity contribution in [3.63, 3.8) is 0 Å². The third kappa shape index (κ3) is 2.92. The van der Waals surface area contributed by atoms with Crippen molar-refractivity contribution >= 4 is 0 Å². The van der Waals surface area contributed by atoms with Crippen LogP contribution >= 0.6 is 0 Å². The molecule has 0 bridgehead atoms. The van der Waals surface area contributed by atoms with Crippen LogP contribution in [0.25, 0.3) is 16.8 Å². The van der Waals surface area contributed by atoms with Gasteiger partial charge in [0.05, 0.1) is 23.1 Å². The Balaban J connectivity index is 1.72. The smallest absolute Gasteiger partial charge is 0.136 e. The molecule has 0 amide bonds. The van der Waals surface area contributed by atoms with Gasteiger partial charge in [-0.3, -0.25) is 0 Å². The lowest BCUT2D eigenvalue weighted by molar-refractivity contribution is 0.578. The summed E-state index contributed by atoms with van der Waals surface area (Å²) in [5.41, 5.74) is 0.593. The maximum Gasteiger partial charge on any atom is 0.136 e. The van der Waals surface area contributed by atoms with Gasteiger partial charge >= 0.3 is 0 Å². The van der Waals surface area contributed by atoms with E-state index in [0.717, 1.165) is 43.5 Å². The minimum atomic E-state index is -0.835. The molecule has 0 saturated heterocycles. The minimum Gasteiger partial charge on any atom is -0.220 e. The molecule has 1 heterocycles. The predicted molar refractivity (Wildman–Crippen MR) is 87.9 cm³/mol. The molecule has 1 aliphatic carbocycles. The van der Waals surface area contributed by atoms with E-state index in [-0.39, 0.29) is 16.8 Å². The Labute approximate surface area is 143 Å². The van der Waals surface area contributed by atoms with E-state index < -0.39 is 17.5 Å². The van der Waals surface area contributed by atoms with E-state index >= 15 is 0 Å². The van der Waals surface area contributed by atoms with Crippen LogP contribution in [0.15, 0.2) is 42.6 Å². The first kappa shape index (κ1) is 15.9. The molecule has 0 aliphatic heterocycles. The van der Waals surface area contributed by atoms with Gasteiger partial charge in [-0.2, -0.15) is 0 Å². The molecule has 0 unspecified atom stereocenters. The summed E-state index contributed by atoms with van der Waals surface area (Å²) in [5, 5.41) is 8.13. The maximum absolute atomic E-state index is 14.5. The summed E-state index contributed by atoms with van der Waals surface area (Å²) < 4.78 is 44.2. The Morgan fingerprint density at radius 2 is 1.60 bits per heavy atom. The topological polar surface area (TPSA) is 30.7 Å². The molecule has 1 aromatic heterocycles. The van der Waals surface area contributed by atoms with E-state index in [1.54, 1.807) is 6.20 Å². The molecule has 1 fully saturated rings. The highest BCUT2D eigenvalue weighted by Crippen LogP contribution is 2.34. The van der Waals surface area contributed by atoms with Crippen LogP contribution in [0.4, 0.5) is 13.2 Å². The number of rotatable bonds is 3. The highest BCUT2D eigenvalue weighted by Gasteiger charge is 2.21. The molecule has 0 atom stereocenters. The molecule has 2 aromatic carbocycles. The van der Waals surface area contributed by atoms with Crippen LogP contribution in [0.2, 0.25) is 0 Å². The van der Waals surface area contributed by atoms with Gasteiger partial charge in [0.2, 0.25) is 0 Å². The highest BCUT2D eigenvalue weighted by molar-refractivity contribution is 5.67. The van der Waals surface area contributed by atoms with Crippen LogP contribution in [0.5, 0.6) is 0 Å². The van der Waals surface area contributed by atoms with E-state index in [0.29, 0.717) is 5.92 Å². The molecule has 25 heavy (non-hydrogen) atoms. The predicted octanol–water partition coefficient (Wildman–Crippen LogP) is 5.01. The first-order valence-corrected chi connectivity index (χ1v) is 8.30. The van der Waals surface area contributed by atoms with Crippen molar-refractivity contribution in [2.45, 2.75) is 31.6 Å². The van der Waals surface area contributed by atoms with Crippen LogP contribution in [0.1, 0.15) is 37.3 Å². The average Bonchev–Trinajstić information content (AvgIpc) is 3.27. The molecule has 1 aliphatic rings. The first-order chi connectivity index (χ1) is 12.1. The van der Waals surface area contributed by atoms with Crippen molar-refractivity contribution in [1.29, 1.82) is 0 Å². The van der Waals surface area contributed by atoms with Gasteiger partial charge in [0, 0.05) is 23.6 Å². The molecule has 0 N–H and O–H groups in total. The van der Waals surface area contributed by atoms with Crippen LogP contribution in [-0.2, 0) is 0 Å². The Morgan fingerprint density at radius 3 is 2.28 bits per heavy atom. The molecule has 1 saturated carbocycles. The fourth-order valence-electron chi connectivity index (χ4n) is 3.42. The first-order valence-electron chi connectivity index (χ1n) is 8.30. The summed E-state index contributed by atoms with van der Waals surface area (Å²) in [6.45, 7) is 0. The monoisotopic (exact) mass is 343 g/mol. The van der Waals surface area contributed by atoms with Gasteiger partial charge < -0.3 is 0 Å². The zero-order chi connectivity index (χ0) is 17.4. The number of halogens is 3. The summed E-state index contributed by atoms with van der Waals surface area (Å²) in [7, 11) is 0. The van der Waals surface area contributed by atoms with Crippen molar-refractivity contribution in [2.24, 2.45) is 0 Å². The molecule has 4 rings (SSSR count). The molecule has 128 valence electrons. The molecular weight excluding hydrogens is 327 g/mol. The van der Waals surface area contributed by atoms with Gasteiger partial charge in [-0.25, -0.2) is 17.9 Å². The SMILES string of the molecule is Fc1ccccc1-c1c(F)cc(-n2cc(C3CCCC3)nn2)cc1F. The molecule has 3 nitrogen and oxygen atoms in total. The van der Waals surface area contributed by atoms with Gasteiger partial charge in [0.15, 0.2) is 0 Å². The van der Waals surface area contributed by atoms with Crippen molar-refractivity contribution in [1.82, 2.24) is 15.0 Å². The summed E-state index contributed by atoms with van der Waals surface area (Å²) in [6, 6.07) is 7.84. The van der Waals surface area contributed by atoms with Gasteiger partial charge in [-0.05, 0) is 18.9 Å². The average molecular weight is 343 g/mol. The van der Waals surface area contributed by atoms with Crippen molar-refractivity contribution in [3.8, 4) is 16.8 Å². The molecule has 0 spiro atoms. The van der Waals surface area contributed by atoms with Crippen LogP contribution < -0.4 is 0 Å². The van der Waals surface area contributed by atoms with Crippen molar-refractivity contribution in [3.05, 3.63) is 65.7 Å². The van der Waals surface area contributed by atoms with Crippen LogP contribution in [0.3, 0.4) is 0 Å². The number of aromatic nitrogens is 3. The van der Waals surface area contributed by atoms with Gasteiger partial charge in [0.1, 0.15) is 17.5 Å². The zero-order valence-electron chi connectivity index (χ0n) is 13.4. The van der Waals surface area contributed by atoms with E-state index in [1.165, 1.54) is 28.9 Å². The van der Waals surface area contributed by atoms with E-state index in [9.17, 15) is 13.2 Å². The number of nitrogens with zero attached hydrogens (tertiary/aromatic N) is 3. The normalized spacial score (nSPS) is 15.0. The fraction of sp³-hybridized carbons (Fsp3) is 0.263. The van der Waals surface area contributed by atoms with Gasteiger partial charge in [-0.1, -0.05) is 36.3 Å². The lowest BCUT2D eigenvalue weighted by Crippen LogP contribution is -2.00. The molecule has 6 heteroatoms. The minimum absolute atomic E-state index is 0.103. The van der Waals surface area contributed by atoms with E-state index in [4.69, 9.17) is 0 Å². The van der Waals surface area contributed by atoms with Gasteiger partial charge in [0.25, 0.3) is 0 Å². The third-order valence-electron chi connectivity index (χ3n) is 4.72. The molecule has 3 aromatic rings. The second-order valence-corrected chi connectivity index (χ2v) is 6.33. The summed E-state index contributed by atoms with van der Waals surface area (Å²) in [5.74, 6) is -1.98. The fourth-order valence-corrected chi connectivity index (χ4v) is 3.42. The zero-order valence-corrected chi connectivity index (χ0v) is 13.4. The quantitative estimate of drug-likeness (QED) is 0.669. The second-order valence-electron chi connectivity index (χ2n) is 6.33. The van der Waals surface area contributed by atoms with Crippen molar-refractivity contribution in [2.75, 3.05) is 0 Å². The summed E-state index contributed by atoms with van der Waals surface area (Å²) in [4.78, 5) is 0. The second kappa shape index (κ2) is 6.35. The number of hydrogen-bond donors (Lipinski definition) is 0. The van der Waals surface area contributed by atoms with Crippen LogP contribution in [-0.4, -0.2) is 15.0 Å². The highest BCUT2D eigenvalue weighted by atomic mass is 19.1. The standard InChI is InChI=1S/C19H16F3N3/c20-15-8-4-3-7-14(15)19-16(21)9-13(10-17(19)22)25-11-18(23-24-25)12-5-1-2-6-12/h3-4,7-12H,1-2,5-6H2. The Bertz CT molecular complexity index is 891. The lowest BCUT2D eigenvalue weighted by Gasteiger charge is -2.09. The molecule has 0 radical (unpaired) electrons. The third-order valence-corrected chi connectivity index (χ3v) is 4.72. The maximum atomic E-state index is 14.5. The summed E-state index contributed by atoms with van der Waals surface area (Å²) in [6.07, 6.45) is 6.17. The lowest BCUT2D eigenvalue weighted by atomic mass is 10.0. The largest absolute Gasteiger partial charge is 0.220 e.